The molecule has 6 heteroatoms. The van der Waals surface area contributed by atoms with Crippen molar-refractivity contribution in [3.05, 3.63) is 59.7 Å². The zero-order valence-electron chi connectivity index (χ0n) is 14.6. The number of methoxy groups -OCH3 is 1. The molecule has 6 nitrogen and oxygen atoms in total. The average molecular weight is 352 g/mol. The summed E-state index contributed by atoms with van der Waals surface area (Å²) in [6.45, 7) is 1.32. The number of ether oxygens (including phenoxy) is 2. The predicted molar refractivity (Wildman–Crippen MR) is 96.4 cm³/mol. The third-order valence-electron chi connectivity index (χ3n) is 4.91. The highest BCUT2D eigenvalue weighted by Crippen LogP contribution is 2.34. The molecule has 1 fully saturated rings. The van der Waals surface area contributed by atoms with E-state index in [0.717, 1.165) is 11.3 Å². The zero-order chi connectivity index (χ0) is 18.1. The number of rotatable bonds is 2. The summed E-state index contributed by atoms with van der Waals surface area (Å²) in [5.74, 6) is 0.679. The molecule has 0 N–H and O–H groups in total. The van der Waals surface area contributed by atoms with E-state index in [2.05, 4.69) is 0 Å². The minimum absolute atomic E-state index is 0.0157. The Kier molecular flexibility index (Phi) is 4.24. The van der Waals surface area contributed by atoms with E-state index in [4.69, 9.17) is 9.47 Å². The van der Waals surface area contributed by atoms with Gasteiger partial charge in [-0.15, -0.1) is 0 Å². The topological polar surface area (TPSA) is 59.1 Å². The van der Waals surface area contributed by atoms with E-state index in [9.17, 15) is 9.59 Å². The van der Waals surface area contributed by atoms with Crippen molar-refractivity contribution in [1.29, 1.82) is 0 Å². The van der Waals surface area contributed by atoms with Crippen molar-refractivity contribution < 1.29 is 19.1 Å². The van der Waals surface area contributed by atoms with Gasteiger partial charge in [-0.2, -0.15) is 0 Å². The van der Waals surface area contributed by atoms with Crippen LogP contribution in [0.2, 0.25) is 0 Å². The first-order chi connectivity index (χ1) is 12.7. The van der Waals surface area contributed by atoms with Gasteiger partial charge in [0.15, 0.2) is 0 Å². The van der Waals surface area contributed by atoms with Gasteiger partial charge in [0.05, 0.1) is 18.8 Å². The summed E-state index contributed by atoms with van der Waals surface area (Å²) >= 11 is 0. The van der Waals surface area contributed by atoms with Crippen molar-refractivity contribution in [3.63, 3.8) is 0 Å². The van der Waals surface area contributed by atoms with Crippen molar-refractivity contribution in [2.45, 2.75) is 19.0 Å². The highest BCUT2D eigenvalue weighted by molar-refractivity contribution is 5.95. The van der Waals surface area contributed by atoms with Crippen molar-refractivity contribution in [3.8, 4) is 5.75 Å². The second kappa shape index (κ2) is 6.71. The zero-order valence-corrected chi connectivity index (χ0v) is 14.6. The summed E-state index contributed by atoms with van der Waals surface area (Å²) in [5.41, 5.74) is 2.31. The number of amides is 2. The molecule has 0 bridgehead atoms. The Labute approximate surface area is 151 Å². The van der Waals surface area contributed by atoms with Gasteiger partial charge in [-0.3, -0.25) is 9.69 Å². The number of nitrogens with zero attached hydrogens (tertiary/aromatic N) is 2. The lowest BCUT2D eigenvalue weighted by atomic mass is 10.0. The molecule has 26 heavy (non-hydrogen) atoms. The number of benzene rings is 2. The number of anilines is 1. The fraction of sp³-hybridized carbons (Fsp3) is 0.300. The number of fused-ring (bicyclic) bond motifs is 3. The highest BCUT2D eigenvalue weighted by Gasteiger charge is 2.37. The van der Waals surface area contributed by atoms with Gasteiger partial charge in [-0.25, -0.2) is 4.79 Å². The minimum Gasteiger partial charge on any atom is -0.497 e. The predicted octanol–water partition coefficient (Wildman–Crippen LogP) is 3.07. The Morgan fingerprint density at radius 3 is 2.77 bits per heavy atom. The molecule has 0 aromatic heterocycles. The van der Waals surface area contributed by atoms with Crippen LogP contribution in [0.25, 0.3) is 0 Å². The molecule has 2 aliphatic heterocycles. The first-order valence-corrected chi connectivity index (χ1v) is 8.64. The molecule has 0 aliphatic carbocycles. The number of hydrogen-bond acceptors (Lipinski definition) is 4. The molecule has 2 aliphatic rings. The molecule has 134 valence electrons. The number of hydrogen-bond donors (Lipinski definition) is 0. The third kappa shape index (κ3) is 2.87. The fourth-order valence-electron chi connectivity index (χ4n) is 3.54. The monoisotopic (exact) mass is 352 g/mol. The first-order valence-electron chi connectivity index (χ1n) is 8.64. The van der Waals surface area contributed by atoms with E-state index in [-0.39, 0.29) is 18.0 Å². The summed E-state index contributed by atoms with van der Waals surface area (Å²) in [4.78, 5) is 28.7. The van der Waals surface area contributed by atoms with Crippen LogP contribution >= 0.6 is 0 Å². The molecule has 2 aromatic rings. The van der Waals surface area contributed by atoms with Crippen molar-refractivity contribution in [2.75, 3.05) is 25.2 Å². The van der Waals surface area contributed by atoms with Crippen LogP contribution in [-0.4, -0.2) is 43.2 Å². The van der Waals surface area contributed by atoms with Crippen LogP contribution in [-0.2, 0) is 11.3 Å². The maximum absolute atomic E-state index is 13.0. The quantitative estimate of drug-likeness (QED) is 0.833. The second-order valence-corrected chi connectivity index (χ2v) is 6.48. The largest absolute Gasteiger partial charge is 0.497 e. The van der Waals surface area contributed by atoms with Gasteiger partial charge >= 0.3 is 6.09 Å². The van der Waals surface area contributed by atoms with E-state index in [1.165, 1.54) is 0 Å². The standard InChI is InChI=1S/C20H20N2O4/c1-25-17-7-8-18-15(11-17)12-21(19(23)14-5-3-2-4-6-14)10-9-16-13-26-20(24)22(16)18/h2-8,11,16H,9-10,12-13H2,1H3. The molecular formula is C20H20N2O4. The molecule has 2 aromatic carbocycles. The van der Waals surface area contributed by atoms with Gasteiger partial charge in [0, 0.05) is 18.7 Å². The normalized spacial score (nSPS) is 19.1. The Morgan fingerprint density at radius 2 is 2.00 bits per heavy atom. The molecule has 2 amide bonds. The second-order valence-electron chi connectivity index (χ2n) is 6.48. The van der Waals surface area contributed by atoms with Crippen LogP contribution in [0.3, 0.4) is 0 Å². The Morgan fingerprint density at radius 1 is 1.19 bits per heavy atom. The Hall–Kier alpha value is -3.02. The molecule has 1 unspecified atom stereocenters. The van der Waals surface area contributed by atoms with Gasteiger partial charge in [0.25, 0.3) is 5.91 Å². The first kappa shape index (κ1) is 16.4. The third-order valence-corrected chi connectivity index (χ3v) is 4.91. The summed E-state index contributed by atoms with van der Waals surface area (Å²) in [5, 5.41) is 0. The molecule has 0 spiro atoms. The fourth-order valence-corrected chi connectivity index (χ4v) is 3.54. The van der Waals surface area contributed by atoms with E-state index in [1.807, 2.05) is 53.4 Å². The molecular weight excluding hydrogens is 332 g/mol. The van der Waals surface area contributed by atoms with E-state index in [1.54, 1.807) is 12.0 Å². The average Bonchev–Trinajstić information content (AvgIpc) is 3.03. The minimum atomic E-state index is -0.329. The Bertz CT molecular complexity index is 837. The number of cyclic esters (lactones) is 1. The molecule has 4 rings (SSSR count). The van der Waals surface area contributed by atoms with Crippen LogP contribution in [0.4, 0.5) is 10.5 Å². The lowest BCUT2D eigenvalue weighted by Crippen LogP contribution is -2.42. The molecule has 2 heterocycles. The van der Waals surface area contributed by atoms with Crippen LogP contribution in [0, 0.1) is 0 Å². The van der Waals surface area contributed by atoms with Crippen molar-refractivity contribution in [1.82, 2.24) is 4.90 Å². The summed E-state index contributed by atoms with van der Waals surface area (Å²) in [6.07, 6.45) is 0.347. The Balaban J connectivity index is 1.73. The lowest BCUT2D eigenvalue weighted by molar-refractivity contribution is 0.0734. The lowest BCUT2D eigenvalue weighted by Gasteiger charge is -2.32. The van der Waals surface area contributed by atoms with Gasteiger partial charge in [0.1, 0.15) is 12.4 Å². The van der Waals surface area contributed by atoms with Gasteiger partial charge in [-0.05, 0) is 42.3 Å². The molecule has 0 radical (unpaired) electrons. The SMILES string of the molecule is COc1ccc2c(c1)CN(C(=O)c1ccccc1)CCC1COC(=O)N21. The molecule has 1 saturated heterocycles. The van der Waals surface area contributed by atoms with Crippen LogP contribution in [0.5, 0.6) is 5.75 Å². The van der Waals surface area contributed by atoms with Crippen molar-refractivity contribution >= 4 is 17.7 Å². The van der Waals surface area contributed by atoms with Gasteiger partial charge < -0.3 is 14.4 Å². The van der Waals surface area contributed by atoms with E-state index >= 15 is 0 Å². The highest BCUT2D eigenvalue weighted by atomic mass is 16.6. The summed E-state index contributed by atoms with van der Waals surface area (Å²) in [7, 11) is 1.60. The van der Waals surface area contributed by atoms with Crippen LogP contribution in [0.1, 0.15) is 22.3 Å². The van der Waals surface area contributed by atoms with Crippen LogP contribution < -0.4 is 9.64 Å². The van der Waals surface area contributed by atoms with Gasteiger partial charge in [-0.1, -0.05) is 18.2 Å². The van der Waals surface area contributed by atoms with Crippen molar-refractivity contribution in [2.24, 2.45) is 0 Å². The number of carbonyl (C=O) groups is 2. The van der Waals surface area contributed by atoms with E-state index < -0.39 is 0 Å². The van der Waals surface area contributed by atoms with Crippen LogP contribution in [0.15, 0.2) is 48.5 Å². The van der Waals surface area contributed by atoms with Gasteiger partial charge in [0.2, 0.25) is 0 Å². The maximum atomic E-state index is 13.0. The maximum Gasteiger partial charge on any atom is 0.414 e. The molecule has 0 saturated carbocycles. The smallest absolute Gasteiger partial charge is 0.414 e. The summed E-state index contributed by atoms with van der Waals surface area (Å²) in [6, 6.07) is 14.8. The molecule has 1 atom stereocenters. The summed E-state index contributed by atoms with van der Waals surface area (Å²) < 4.78 is 10.6. The number of carbonyl (C=O) groups excluding carboxylic acids is 2. The van der Waals surface area contributed by atoms with E-state index in [0.29, 0.717) is 37.4 Å².